The van der Waals surface area contributed by atoms with Crippen molar-refractivity contribution < 1.29 is 19.0 Å². The number of halogens is 1. The van der Waals surface area contributed by atoms with Crippen molar-refractivity contribution in [3.05, 3.63) is 53.1 Å². The Balaban J connectivity index is 1.50. The predicted octanol–water partition coefficient (Wildman–Crippen LogP) is 3.31. The molecule has 0 atom stereocenters. The zero-order chi connectivity index (χ0) is 16.8. The molecule has 0 spiro atoms. The normalized spacial score (nSPS) is 13.0. The smallest absolute Gasteiger partial charge is 0.251 e. The van der Waals surface area contributed by atoms with E-state index in [1.54, 1.807) is 42.5 Å². The maximum absolute atomic E-state index is 12.2. The molecule has 6 heteroatoms. The summed E-state index contributed by atoms with van der Waals surface area (Å²) in [6.07, 6.45) is 0.832. The molecule has 0 saturated carbocycles. The first-order chi connectivity index (χ1) is 11.7. The molecule has 0 aromatic heterocycles. The van der Waals surface area contributed by atoms with Crippen LogP contribution >= 0.6 is 11.6 Å². The SMILES string of the molecule is O=C(NCCOc1ccc(Cl)cc1)c1ccc2c(c1)OCCCO2. The average Bonchev–Trinajstić information content (AvgIpc) is 2.84. The molecule has 1 N–H and O–H groups in total. The molecule has 0 saturated heterocycles. The summed E-state index contributed by atoms with van der Waals surface area (Å²) in [6.45, 7) is 1.99. The van der Waals surface area contributed by atoms with E-state index >= 15 is 0 Å². The van der Waals surface area contributed by atoms with Crippen molar-refractivity contribution in [3.8, 4) is 17.2 Å². The van der Waals surface area contributed by atoms with Crippen molar-refractivity contribution in [2.45, 2.75) is 6.42 Å². The van der Waals surface area contributed by atoms with Crippen LogP contribution in [0.5, 0.6) is 17.2 Å². The topological polar surface area (TPSA) is 56.8 Å². The van der Waals surface area contributed by atoms with E-state index in [4.69, 9.17) is 25.8 Å². The summed E-state index contributed by atoms with van der Waals surface area (Å²) in [7, 11) is 0. The first kappa shape index (κ1) is 16.5. The molecule has 2 aromatic carbocycles. The van der Waals surface area contributed by atoms with Crippen molar-refractivity contribution >= 4 is 17.5 Å². The summed E-state index contributed by atoms with van der Waals surface area (Å²) in [5.41, 5.74) is 0.533. The summed E-state index contributed by atoms with van der Waals surface area (Å²) >= 11 is 5.81. The van der Waals surface area contributed by atoms with Crippen LogP contribution in [0, 0.1) is 0 Å². The van der Waals surface area contributed by atoms with Crippen molar-refractivity contribution in [2.75, 3.05) is 26.4 Å². The number of fused-ring (bicyclic) bond motifs is 1. The highest BCUT2D eigenvalue weighted by Gasteiger charge is 2.13. The first-order valence-corrected chi connectivity index (χ1v) is 8.16. The van der Waals surface area contributed by atoms with Gasteiger partial charge in [0.15, 0.2) is 11.5 Å². The van der Waals surface area contributed by atoms with Gasteiger partial charge in [0.05, 0.1) is 19.8 Å². The van der Waals surface area contributed by atoms with Gasteiger partial charge in [0.25, 0.3) is 5.91 Å². The van der Waals surface area contributed by atoms with Crippen LogP contribution in [0.3, 0.4) is 0 Å². The molecule has 1 aliphatic heterocycles. The predicted molar refractivity (Wildman–Crippen MR) is 91.3 cm³/mol. The van der Waals surface area contributed by atoms with Gasteiger partial charge >= 0.3 is 0 Å². The van der Waals surface area contributed by atoms with Crippen molar-refractivity contribution in [3.63, 3.8) is 0 Å². The van der Waals surface area contributed by atoms with E-state index < -0.39 is 0 Å². The van der Waals surface area contributed by atoms with Crippen LogP contribution in [0.15, 0.2) is 42.5 Å². The minimum Gasteiger partial charge on any atom is -0.492 e. The Kier molecular flexibility index (Phi) is 5.43. The Morgan fingerprint density at radius 3 is 2.62 bits per heavy atom. The number of hydrogen-bond acceptors (Lipinski definition) is 4. The van der Waals surface area contributed by atoms with Gasteiger partial charge in [0, 0.05) is 17.0 Å². The number of benzene rings is 2. The van der Waals surface area contributed by atoms with Gasteiger partial charge in [-0.3, -0.25) is 4.79 Å². The molecule has 5 nitrogen and oxygen atoms in total. The number of nitrogens with one attached hydrogen (secondary N) is 1. The van der Waals surface area contributed by atoms with Crippen molar-refractivity contribution in [2.24, 2.45) is 0 Å². The van der Waals surface area contributed by atoms with E-state index in [0.717, 1.165) is 6.42 Å². The molecule has 126 valence electrons. The highest BCUT2D eigenvalue weighted by Crippen LogP contribution is 2.30. The quantitative estimate of drug-likeness (QED) is 0.843. The zero-order valence-corrected chi connectivity index (χ0v) is 13.8. The van der Waals surface area contributed by atoms with Crippen LogP contribution in [-0.4, -0.2) is 32.3 Å². The highest BCUT2D eigenvalue weighted by atomic mass is 35.5. The van der Waals surface area contributed by atoms with Gasteiger partial charge in [-0.25, -0.2) is 0 Å². The van der Waals surface area contributed by atoms with Crippen LogP contribution in [0.2, 0.25) is 5.02 Å². The number of carbonyl (C=O) groups excluding carboxylic acids is 1. The van der Waals surface area contributed by atoms with Crippen molar-refractivity contribution in [1.29, 1.82) is 0 Å². The molecule has 0 bridgehead atoms. The Labute approximate surface area is 145 Å². The first-order valence-electron chi connectivity index (χ1n) is 7.78. The zero-order valence-electron chi connectivity index (χ0n) is 13.1. The van der Waals surface area contributed by atoms with Crippen LogP contribution < -0.4 is 19.5 Å². The summed E-state index contributed by atoms with van der Waals surface area (Å²) < 4.78 is 16.7. The van der Waals surface area contributed by atoms with Gasteiger partial charge < -0.3 is 19.5 Å². The maximum atomic E-state index is 12.2. The van der Waals surface area contributed by atoms with E-state index in [2.05, 4.69) is 5.32 Å². The number of hydrogen-bond donors (Lipinski definition) is 1. The second-order valence-electron chi connectivity index (χ2n) is 5.27. The van der Waals surface area contributed by atoms with Crippen LogP contribution in [0.4, 0.5) is 0 Å². The highest BCUT2D eigenvalue weighted by molar-refractivity contribution is 6.30. The summed E-state index contributed by atoms with van der Waals surface area (Å²) in [5, 5.41) is 3.47. The van der Waals surface area contributed by atoms with Gasteiger partial charge in [0.2, 0.25) is 0 Å². The Morgan fingerprint density at radius 1 is 1.08 bits per heavy atom. The third kappa shape index (κ3) is 4.32. The number of rotatable bonds is 5. The fourth-order valence-corrected chi connectivity index (χ4v) is 2.40. The van der Waals surface area contributed by atoms with Gasteiger partial charge in [0.1, 0.15) is 12.4 Å². The third-order valence-electron chi connectivity index (χ3n) is 3.48. The Hall–Kier alpha value is -2.40. The third-order valence-corrected chi connectivity index (χ3v) is 3.73. The van der Waals surface area contributed by atoms with E-state index in [9.17, 15) is 4.79 Å². The minimum atomic E-state index is -0.176. The second kappa shape index (κ2) is 7.93. The summed E-state index contributed by atoms with van der Waals surface area (Å²) in [4.78, 5) is 12.2. The monoisotopic (exact) mass is 347 g/mol. The molecule has 0 aliphatic carbocycles. The fourth-order valence-electron chi connectivity index (χ4n) is 2.27. The second-order valence-corrected chi connectivity index (χ2v) is 5.71. The molecular weight excluding hydrogens is 330 g/mol. The van der Waals surface area contributed by atoms with Crippen molar-refractivity contribution in [1.82, 2.24) is 5.32 Å². The lowest BCUT2D eigenvalue weighted by molar-refractivity contribution is 0.0946. The largest absolute Gasteiger partial charge is 0.492 e. The molecule has 2 aromatic rings. The molecule has 0 unspecified atom stereocenters. The Morgan fingerprint density at radius 2 is 1.83 bits per heavy atom. The van der Waals surface area contributed by atoms with Gasteiger partial charge in [-0.05, 0) is 42.5 Å². The fraction of sp³-hybridized carbons (Fsp3) is 0.278. The lowest BCUT2D eigenvalue weighted by Gasteiger charge is -2.10. The van der Waals surface area contributed by atoms with Crippen LogP contribution in [0.25, 0.3) is 0 Å². The standard InChI is InChI=1S/C18H18ClNO4/c19-14-3-5-15(6-4-14)22-11-8-20-18(21)13-2-7-16-17(12-13)24-10-1-9-23-16/h2-7,12H,1,8-11H2,(H,20,21). The summed E-state index contributed by atoms with van der Waals surface area (Å²) in [5.74, 6) is 1.82. The Bertz CT molecular complexity index is 703. The number of carbonyl (C=O) groups is 1. The molecule has 24 heavy (non-hydrogen) atoms. The maximum Gasteiger partial charge on any atom is 0.251 e. The van der Waals surface area contributed by atoms with E-state index in [0.29, 0.717) is 54.2 Å². The molecule has 1 heterocycles. The van der Waals surface area contributed by atoms with E-state index in [1.807, 2.05) is 0 Å². The minimum absolute atomic E-state index is 0.176. The number of amides is 1. The molecule has 3 rings (SSSR count). The molecule has 1 amide bonds. The van der Waals surface area contributed by atoms with Gasteiger partial charge in [-0.2, -0.15) is 0 Å². The van der Waals surface area contributed by atoms with E-state index in [1.165, 1.54) is 0 Å². The average molecular weight is 348 g/mol. The van der Waals surface area contributed by atoms with Crippen LogP contribution in [0.1, 0.15) is 16.8 Å². The molecule has 0 fully saturated rings. The molecular formula is C18H18ClNO4. The molecule has 0 radical (unpaired) electrons. The van der Waals surface area contributed by atoms with Gasteiger partial charge in [-0.15, -0.1) is 0 Å². The summed E-state index contributed by atoms with van der Waals surface area (Å²) in [6, 6.07) is 12.3. The van der Waals surface area contributed by atoms with Gasteiger partial charge in [-0.1, -0.05) is 11.6 Å². The molecule has 1 aliphatic rings. The lowest BCUT2D eigenvalue weighted by Crippen LogP contribution is -2.28. The van der Waals surface area contributed by atoms with Crippen LogP contribution in [-0.2, 0) is 0 Å². The number of ether oxygens (including phenoxy) is 3. The van der Waals surface area contributed by atoms with E-state index in [-0.39, 0.29) is 5.91 Å². The lowest BCUT2D eigenvalue weighted by atomic mass is 10.2.